The van der Waals surface area contributed by atoms with Crippen LogP contribution in [0.25, 0.3) is 0 Å². The topological polar surface area (TPSA) is 82.0 Å². The highest BCUT2D eigenvalue weighted by Gasteiger charge is 2.61. The second-order valence-corrected chi connectivity index (χ2v) is 7.85. The van der Waals surface area contributed by atoms with Gasteiger partial charge in [-0.05, 0) is 49.9 Å². The number of hydrogen-bond acceptors (Lipinski definition) is 3. The largest absolute Gasteiger partial charge is 0.344 e. The van der Waals surface area contributed by atoms with Gasteiger partial charge in [-0.1, -0.05) is 20.3 Å². The van der Waals surface area contributed by atoms with Crippen LogP contribution in [-0.4, -0.2) is 23.4 Å². The monoisotopic (exact) mass is 303 g/mol. The lowest BCUT2D eigenvalue weighted by atomic mass is 9.79. The summed E-state index contributed by atoms with van der Waals surface area (Å²) in [7, 11) is 0. The molecule has 5 nitrogen and oxygen atoms in total. The standard InChI is InChI=1S/C17H25N3O2/c1-11(2)8-13(15(22)20-17(10-18)6-7-17)19-14(21)12-9-16(12)4-3-5-16/h11-13H,3-9H2,1-2H3,(H,19,21)(H,20,22)/t12?,13-/m0/s1. The average molecular weight is 303 g/mol. The first-order valence-electron chi connectivity index (χ1n) is 8.43. The molecular weight excluding hydrogens is 278 g/mol. The van der Waals surface area contributed by atoms with Crippen LogP contribution in [0.5, 0.6) is 0 Å². The highest BCUT2D eigenvalue weighted by atomic mass is 16.2. The van der Waals surface area contributed by atoms with E-state index in [1.807, 2.05) is 13.8 Å². The summed E-state index contributed by atoms with van der Waals surface area (Å²) in [5, 5.41) is 14.9. The van der Waals surface area contributed by atoms with Crippen LogP contribution in [0.2, 0.25) is 0 Å². The molecule has 5 heteroatoms. The van der Waals surface area contributed by atoms with Crippen LogP contribution in [0.15, 0.2) is 0 Å². The minimum absolute atomic E-state index is 0.0299. The van der Waals surface area contributed by atoms with Crippen molar-refractivity contribution in [2.24, 2.45) is 17.3 Å². The fourth-order valence-corrected chi connectivity index (χ4v) is 3.59. The van der Waals surface area contributed by atoms with E-state index in [9.17, 15) is 9.59 Å². The van der Waals surface area contributed by atoms with Crippen LogP contribution < -0.4 is 10.6 Å². The zero-order valence-electron chi connectivity index (χ0n) is 13.4. The van der Waals surface area contributed by atoms with Crippen molar-refractivity contribution in [2.75, 3.05) is 0 Å². The van der Waals surface area contributed by atoms with E-state index >= 15 is 0 Å². The molecule has 22 heavy (non-hydrogen) atoms. The van der Waals surface area contributed by atoms with Crippen molar-refractivity contribution in [3.63, 3.8) is 0 Å². The SMILES string of the molecule is CC(C)C[C@H](NC(=O)C1CC12CCC2)C(=O)NC1(C#N)CC1. The zero-order valence-corrected chi connectivity index (χ0v) is 13.4. The summed E-state index contributed by atoms with van der Waals surface area (Å²) in [4.78, 5) is 24.8. The Bertz CT molecular complexity index is 527. The van der Waals surface area contributed by atoms with E-state index in [-0.39, 0.29) is 23.1 Å². The summed E-state index contributed by atoms with van der Waals surface area (Å²) >= 11 is 0. The number of nitriles is 1. The summed E-state index contributed by atoms with van der Waals surface area (Å²) in [6, 6.07) is 1.65. The van der Waals surface area contributed by atoms with Crippen molar-refractivity contribution in [1.82, 2.24) is 10.6 Å². The Hall–Kier alpha value is -1.57. The van der Waals surface area contributed by atoms with E-state index in [0.717, 1.165) is 19.3 Å². The Morgan fingerprint density at radius 1 is 1.27 bits per heavy atom. The molecule has 3 saturated carbocycles. The molecule has 3 rings (SSSR count). The molecule has 3 fully saturated rings. The Kier molecular flexibility index (Phi) is 3.66. The second-order valence-electron chi connectivity index (χ2n) is 7.85. The fraction of sp³-hybridized carbons (Fsp3) is 0.824. The van der Waals surface area contributed by atoms with E-state index in [1.165, 1.54) is 6.42 Å². The van der Waals surface area contributed by atoms with Crippen molar-refractivity contribution in [3.05, 3.63) is 0 Å². The van der Waals surface area contributed by atoms with Crippen LogP contribution in [-0.2, 0) is 9.59 Å². The predicted octanol–water partition coefficient (Wildman–Crippen LogP) is 1.88. The number of nitrogens with one attached hydrogen (secondary N) is 2. The van der Waals surface area contributed by atoms with Crippen LogP contribution in [0.1, 0.15) is 58.8 Å². The number of rotatable bonds is 6. The van der Waals surface area contributed by atoms with Gasteiger partial charge in [0.05, 0.1) is 6.07 Å². The lowest BCUT2D eigenvalue weighted by molar-refractivity contribution is -0.131. The number of amides is 2. The maximum atomic E-state index is 12.4. The van der Waals surface area contributed by atoms with Gasteiger partial charge in [0.25, 0.3) is 0 Å². The lowest BCUT2D eigenvalue weighted by Crippen LogP contribution is -2.51. The molecule has 1 unspecified atom stereocenters. The van der Waals surface area contributed by atoms with E-state index in [4.69, 9.17) is 5.26 Å². The van der Waals surface area contributed by atoms with Crippen LogP contribution in [0.3, 0.4) is 0 Å². The number of carbonyl (C=O) groups is 2. The molecule has 0 aromatic heterocycles. The maximum absolute atomic E-state index is 12.4. The van der Waals surface area contributed by atoms with Gasteiger partial charge in [0.2, 0.25) is 11.8 Å². The van der Waals surface area contributed by atoms with Crippen molar-refractivity contribution >= 4 is 11.8 Å². The number of hydrogen-bond donors (Lipinski definition) is 2. The van der Waals surface area contributed by atoms with Gasteiger partial charge in [0.1, 0.15) is 11.6 Å². The first kappa shape index (κ1) is 15.3. The van der Waals surface area contributed by atoms with E-state index in [0.29, 0.717) is 25.2 Å². The third-order valence-electron chi connectivity index (χ3n) is 5.52. The first-order valence-corrected chi connectivity index (χ1v) is 8.43. The average Bonchev–Trinajstić information content (AvgIpc) is 3.30. The van der Waals surface area contributed by atoms with Crippen LogP contribution in [0, 0.1) is 28.6 Å². The third-order valence-corrected chi connectivity index (χ3v) is 5.52. The molecule has 120 valence electrons. The van der Waals surface area contributed by atoms with E-state index in [1.54, 1.807) is 0 Å². The summed E-state index contributed by atoms with van der Waals surface area (Å²) in [6.07, 6.45) is 6.56. The Morgan fingerprint density at radius 3 is 2.36 bits per heavy atom. The van der Waals surface area contributed by atoms with Crippen LogP contribution in [0.4, 0.5) is 0 Å². The second kappa shape index (κ2) is 5.26. The lowest BCUT2D eigenvalue weighted by Gasteiger charge is -2.27. The Morgan fingerprint density at radius 2 is 1.95 bits per heavy atom. The molecule has 0 radical (unpaired) electrons. The fourth-order valence-electron chi connectivity index (χ4n) is 3.59. The normalized spacial score (nSPS) is 27.5. The molecule has 0 aromatic rings. The van der Waals surface area contributed by atoms with E-state index in [2.05, 4.69) is 16.7 Å². The van der Waals surface area contributed by atoms with Gasteiger partial charge in [0.15, 0.2) is 0 Å². The van der Waals surface area contributed by atoms with Gasteiger partial charge in [-0.25, -0.2) is 0 Å². The molecule has 0 aromatic carbocycles. The summed E-state index contributed by atoms with van der Waals surface area (Å²) in [6.45, 7) is 4.07. The predicted molar refractivity (Wildman–Crippen MR) is 81.5 cm³/mol. The van der Waals surface area contributed by atoms with Crippen molar-refractivity contribution in [1.29, 1.82) is 5.26 Å². The minimum Gasteiger partial charge on any atom is -0.344 e. The van der Waals surface area contributed by atoms with E-state index < -0.39 is 11.6 Å². The van der Waals surface area contributed by atoms with Gasteiger partial charge in [-0.2, -0.15) is 5.26 Å². The molecule has 0 aliphatic heterocycles. The molecule has 0 saturated heterocycles. The molecule has 2 N–H and O–H groups in total. The molecule has 2 amide bonds. The Labute approximate surface area is 131 Å². The van der Waals surface area contributed by atoms with Gasteiger partial charge in [-0.3, -0.25) is 9.59 Å². The third kappa shape index (κ3) is 2.84. The highest BCUT2D eigenvalue weighted by molar-refractivity contribution is 5.90. The van der Waals surface area contributed by atoms with Gasteiger partial charge >= 0.3 is 0 Å². The smallest absolute Gasteiger partial charge is 0.243 e. The van der Waals surface area contributed by atoms with Crippen LogP contribution >= 0.6 is 0 Å². The summed E-state index contributed by atoms with van der Waals surface area (Å²) in [5.41, 5.74) is -0.404. The minimum atomic E-state index is -0.675. The van der Waals surface area contributed by atoms with Gasteiger partial charge in [0, 0.05) is 5.92 Å². The molecule has 2 atom stereocenters. The van der Waals surface area contributed by atoms with Gasteiger partial charge < -0.3 is 10.6 Å². The maximum Gasteiger partial charge on any atom is 0.243 e. The molecular formula is C17H25N3O2. The molecule has 0 bridgehead atoms. The Balaban J connectivity index is 1.58. The highest BCUT2D eigenvalue weighted by Crippen LogP contribution is 2.65. The summed E-state index contributed by atoms with van der Waals surface area (Å²) in [5.74, 6) is 0.242. The van der Waals surface area contributed by atoms with Gasteiger partial charge in [-0.15, -0.1) is 0 Å². The molecule has 3 aliphatic rings. The van der Waals surface area contributed by atoms with Crippen molar-refractivity contribution in [2.45, 2.75) is 70.4 Å². The molecule has 1 spiro atoms. The molecule has 3 aliphatic carbocycles. The first-order chi connectivity index (χ1) is 10.4. The zero-order chi connectivity index (χ0) is 16.0. The van der Waals surface area contributed by atoms with Crippen molar-refractivity contribution in [3.8, 4) is 6.07 Å². The number of carbonyl (C=O) groups excluding carboxylic acids is 2. The number of nitrogens with zero attached hydrogens (tertiary/aromatic N) is 1. The summed E-state index contributed by atoms with van der Waals surface area (Å²) < 4.78 is 0. The van der Waals surface area contributed by atoms with Crippen molar-refractivity contribution < 1.29 is 9.59 Å². The molecule has 0 heterocycles. The quantitative estimate of drug-likeness (QED) is 0.786.